The van der Waals surface area contributed by atoms with Crippen LogP contribution in [0.5, 0.6) is 0 Å². The molecule has 41 atom stereocenters. The van der Waals surface area contributed by atoms with Gasteiger partial charge in [0.05, 0.1) is 79.3 Å². The Hall–Kier alpha value is -2.54. The molecule has 0 bridgehead atoms. The predicted octanol–water partition coefficient (Wildman–Crippen LogP) is -8.85. The molecule has 0 amide bonds. The Kier molecular flexibility index (Phi) is 45.1. The number of hydrogen-bond acceptors (Lipinski definition) is 44. The molecule has 746 valence electrons. The molecule has 1 aromatic carbocycles. The Morgan fingerprint density at radius 1 is 0.219 bits per heavy atom. The van der Waals surface area contributed by atoms with Crippen molar-refractivity contribution < 1.29 is 219 Å². The van der Waals surface area contributed by atoms with Crippen molar-refractivity contribution in [2.24, 2.45) is 10.8 Å². The first-order valence-electron chi connectivity index (χ1n) is 45.2. The van der Waals surface area contributed by atoms with Crippen LogP contribution in [0.2, 0.25) is 0 Å². The minimum absolute atomic E-state index is 0.0614. The third kappa shape index (κ3) is 27.9. The van der Waals surface area contributed by atoms with Crippen molar-refractivity contribution in [2.75, 3.05) is 79.3 Å². The van der Waals surface area contributed by atoms with Gasteiger partial charge in [-0.1, -0.05) is 154 Å². The molecule has 0 spiro atoms. The van der Waals surface area contributed by atoms with E-state index in [0.717, 1.165) is 89.9 Å². The van der Waals surface area contributed by atoms with E-state index >= 15 is 0 Å². The van der Waals surface area contributed by atoms with Gasteiger partial charge in [-0.15, -0.1) is 0 Å². The summed E-state index contributed by atoms with van der Waals surface area (Å²) in [5.74, 6) is 0. The Bertz CT molecular complexity index is 2840. The highest BCUT2D eigenvalue weighted by molar-refractivity contribution is 5.25. The molecule has 44 heteroatoms. The van der Waals surface area contributed by atoms with Crippen LogP contribution in [0, 0.1) is 10.8 Å². The van der Waals surface area contributed by atoms with Crippen molar-refractivity contribution >= 4 is 0 Å². The summed E-state index contributed by atoms with van der Waals surface area (Å²) < 4.78 is 96.4. The molecule has 0 saturated carbocycles. The molecule has 28 N–H and O–H groups in total. The first-order valence-corrected chi connectivity index (χ1v) is 45.2. The number of ether oxygens (including phenoxy) is 16. The molecule has 0 aliphatic carbocycles. The molecule has 8 saturated heterocycles. The smallest absolute Gasteiger partial charge is 0.187 e. The van der Waals surface area contributed by atoms with E-state index < -0.39 is 336 Å². The van der Waals surface area contributed by atoms with E-state index in [0.29, 0.717) is 36.8 Å². The minimum atomic E-state index is -2.05. The molecule has 0 radical (unpaired) electrons. The van der Waals surface area contributed by atoms with Crippen LogP contribution in [0.25, 0.3) is 0 Å². The molecule has 8 aliphatic rings. The largest absolute Gasteiger partial charge is 0.394 e. The van der Waals surface area contributed by atoms with Gasteiger partial charge in [0.15, 0.2) is 50.3 Å². The van der Waals surface area contributed by atoms with Gasteiger partial charge in [0.2, 0.25) is 0 Å². The van der Waals surface area contributed by atoms with Gasteiger partial charge in [0.25, 0.3) is 0 Å². The van der Waals surface area contributed by atoms with E-state index in [2.05, 4.69) is 13.8 Å². The van der Waals surface area contributed by atoms with E-state index in [1.54, 1.807) is 24.3 Å². The molecule has 128 heavy (non-hydrogen) atoms. The molecule has 0 aromatic heterocycles. The van der Waals surface area contributed by atoms with Crippen LogP contribution in [0.1, 0.15) is 153 Å². The van der Waals surface area contributed by atoms with Gasteiger partial charge in [-0.25, -0.2) is 0 Å². The Balaban J connectivity index is 1.07. The van der Waals surface area contributed by atoms with Crippen molar-refractivity contribution in [1.82, 2.24) is 0 Å². The monoisotopic (exact) mass is 1860 g/mol. The molecule has 8 fully saturated rings. The van der Waals surface area contributed by atoms with Gasteiger partial charge < -0.3 is 219 Å². The maximum absolute atomic E-state index is 12.0. The normalized spacial score (nSPS) is 41.9. The lowest BCUT2D eigenvalue weighted by molar-refractivity contribution is -0.365. The average Bonchev–Trinajstić information content (AvgIpc) is 0.789. The van der Waals surface area contributed by atoms with E-state index in [1.807, 2.05) is 0 Å². The second-order valence-electron chi connectivity index (χ2n) is 35.6. The third-order valence-electron chi connectivity index (χ3n) is 25.9. The van der Waals surface area contributed by atoms with Crippen LogP contribution in [-0.4, -0.2) is 468 Å². The van der Waals surface area contributed by atoms with Gasteiger partial charge in [0.1, 0.15) is 195 Å². The van der Waals surface area contributed by atoms with Gasteiger partial charge >= 0.3 is 0 Å². The first kappa shape index (κ1) is 109. The highest BCUT2D eigenvalue weighted by atomic mass is 16.8. The van der Waals surface area contributed by atoms with Gasteiger partial charge in [-0.05, 0) is 36.8 Å². The summed E-state index contributed by atoms with van der Waals surface area (Å²) in [5.41, 5.74) is -1.76. The highest BCUT2D eigenvalue weighted by Crippen LogP contribution is 2.42. The lowest BCUT2D eigenvalue weighted by Crippen LogP contribution is -2.65. The number of unbranched alkanes of at least 4 members (excludes halogenated alkanes) is 16. The average molecular weight is 1860 g/mol. The maximum Gasteiger partial charge on any atom is 0.187 e. The predicted molar refractivity (Wildman–Crippen MR) is 432 cm³/mol. The number of hydrogen-bond donors (Lipinski definition) is 28. The van der Waals surface area contributed by atoms with Gasteiger partial charge in [-0.3, -0.25) is 0 Å². The molecule has 9 rings (SSSR count). The van der Waals surface area contributed by atoms with Crippen molar-refractivity contribution in [3.63, 3.8) is 0 Å². The second kappa shape index (κ2) is 52.9. The topological polar surface area (TPSA) is 714 Å². The summed E-state index contributed by atoms with van der Waals surface area (Å²) in [4.78, 5) is 0. The molecule has 8 aliphatic heterocycles. The van der Waals surface area contributed by atoms with E-state index in [9.17, 15) is 143 Å². The summed E-state index contributed by atoms with van der Waals surface area (Å²) in [6, 6.07) is 6.94. The Morgan fingerprint density at radius 2 is 0.398 bits per heavy atom. The summed E-state index contributed by atoms with van der Waals surface area (Å²) in [6.07, 6.45) is -57.7. The summed E-state index contributed by atoms with van der Waals surface area (Å²) in [7, 11) is 0. The van der Waals surface area contributed by atoms with Crippen LogP contribution in [0.15, 0.2) is 24.3 Å². The fourth-order valence-corrected chi connectivity index (χ4v) is 17.8. The summed E-state index contributed by atoms with van der Waals surface area (Å²) in [6.45, 7) is -4.94. The molecule has 44 nitrogen and oxygen atoms in total. The zero-order chi connectivity index (χ0) is 93.4. The number of benzene rings is 1. The number of aliphatic hydroxyl groups is 28. The van der Waals surface area contributed by atoms with Crippen molar-refractivity contribution in [2.45, 2.75) is 401 Å². The third-order valence-corrected chi connectivity index (χ3v) is 25.9. The fourth-order valence-electron chi connectivity index (χ4n) is 17.8. The molecular formula is C84H146O44. The van der Waals surface area contributed by atoms with Crippen molar-refractivity contribution in [3.8, 4) is 0 Å². The summed E-state index contributed by atoms with van der Waals surface area (Å²) in [5, 5.41) is 307. The molecule has 17 unspecified atom stereocenters. The van der Waals surface area contributed by atoms with E-state index in [1.165, 1.54) is 0 Å². The van der Waals surface area contributed by atoms with Crippen LogP contribution in [-0.2, 0) is 88.6 Å². The zero-order valence-corrected chi connectivity index (χ0v) is 72.5. The van der Waals surface area contributed by atoms with E-state index in [-0.39, 0.29) is 25.7 Å². The van der Waals surface area contributed by atoms with Gasteiger partial charge in [0, 0.05) is 10.8 Å². The lowest BCUT2D eigenvalue weighted by Gasteiger charge is -2.47. The second-order valence-corrected chi connectivity index (χ2v) is 35.6. The lowest BCUT2D eigenvalue weighted by atomic mass is 9.76. The van der Waals surface area contributed by atoms with Crippen LogP contribution in [0.4, 0.5) is 0 Å². The minimum Gasteiger partial charge on any atom is -0.394 e. The quantitative estimate of drug-likeness (QED) is 0.0269. The number of rotatable bonds is 52. The molecular weight excluding hydrogens is 1710 g/mol. The molecule has 8 heterocycles. The first-order chi connectivity index (χ1) is 61.3. The Labute approximate surface area is 742 Å². The maximum atomic E-state index is 12.0. The summed E-state index contributed by atoms with van der Waals surface area (Å²) >= 11 is 0. The van der Waals surface area contributed by atoms with Crippen LogP contribution in [0.3, 0.4) is 0 Å². The van der Waals surface area contributed by atoms with Crippen molar-refractivity contribution in [3.05, 3.63) is 35.4 Å². The van der Waals surface area contributed by atoms with Crippen LogP contribution < -0.4 is 0 Å². The van der Waals surface area contributed by atoms with Gasteiger partial charge in [-0.2, -0.15) is 0 Å². The standard InChI is InChI=1S/C84H146O44/c1-3-5-7-9-11-13-15-17-19-25-83(37-113-75-67(109)59(101)71(47(33-89)121-75)125-79-63(105)55(97)51(93)43(29-85)117-79,38-114-76-68(110)60(102)72(48(34-90)122-76)126-80-64(106)56(98)52(94)44(30-86)118-80)27-41-21-23-42(24-22-41)28-84(26-20-18-16-14-12-10-8-6-4-2,39-115-77-69(111)61(103)73(49(35-91)123-77)127-81-65(107)57(99)53(95)45(31-87)119-81)40-116-78-70(112)62(104)74(50(36-92)124-78)128-82-66(108)58(100)54(96)46(32-88)120-82/h21-24,43-82,85-112H,3-20,25-40H2,1-2H3/t43?,44?,45?,46?,47?,48?,49?,50?,51-,52-,53-,54-,55+,56+,57+,58+,59-,60-,61-,62-,63?,64?,65?,66?,67?,68?,69?,70?,71-,72-,73-,74-,75-,76-,77-,78-,79-,80+,81+,82+,83?,84?/m1/s1. The number of aliphatic hydroxyl groups excluding tert-OH is 28. The van der Waals surface area contributed by atoms with E-state index in [4.69, 9.17) is 75.8 Å². The zero-order valence-electron chi connectivity index (χ0n) is 72.5. The Morgan fingerprint density at radius 3 is 0.594 bits per heavy atom. The highest BCUT2D eigenvalue weighted by Gasteiger charge is 2.58. The van der Waals surface area contributed by atoms with Crippen molar-refractivity contribution in [1.29, 1.82) is 0 Å². The van der Waals surface area contributed by atoms with Crippen LogP contribution >= 0.6 is 0 Å². The SMILES string of the molecule is CCCCCCCCCCCC(CO[C@@H]1OC(CO)[C@@H](O[C@H]2OC(CO)[C@@H](O)[C@H](O)C2O)[C@H](O)C1O)(CO[C@@H]1OC(CO)[C@@H](O[C@@H]2OC(CO)[C@@H](O)[C@H](O)C2O)[C@H](O)C1O)Cc1ccc(CC(CCCCCCCCCCC)(CO[C@@H]2OC(CO)[C@@H](O[C@@H]3OC(CO)[C@@H](O)[C@H](O)C3O)[C@H](O)C2O)CO[C@@H]2OC(CO)[C@@H](O[C@@H]3OC(CO)[C@@H](O)[C@H](O)C3O)[C@H](O)C2O)cc1. The molecule has 1 aromatic rings. The fraction of sp³-hybridized carbons (Fsp3) is 0.929.